The summed E-state index contributed by atoms with van der Waals surface area (Å²) >= 11 is -2.30. The van der Waals surface area contributed by atoms with Crippen molar-refractivity contribution in [1.29, 1.82) is 0 Å². The van der Waals surface area contributed by atoms with Crippen molar-refractivity contribution in [3.63, 3.8) is 0 Å². The van der Waals surface area contributed by atoms with Gasteiger partial charge in [-0.05, 0) is 0 Å². The fraction of sp³-hybridized carbons (Fsp3) is 0.636. The first-order chi connectivity index (χ1) is 11.7. The Morgan fingerprint density at radius 1 is 0.875 bits per heavy atom. The molecule has 1 aromatic carbocycles. The molecule has 0 aromatic heterocycles. The normalized spacial score (nSPS) is 12.6. The molecule has 1 nitrogen and oxygen atoms in total. The molecule has 0 amide bonds. The molecule has 0 fully saturated rings. The van der Waals surface area contributed by atoms with Crippen LogP contribution in [0, 0.1) is 0 Å². The van der Waals surface area contributed by atoms with Crippen LogP contribution in [0.2, 0.25) is 13.3 Å². The number of aliphatic hydroxyl groups is 1. The van der Waals surface area contributed by atoms with E-state index in [4.69, 9.17) is 0 Å². The van der Waals surface area contributed by atoms with Gasteiger partial charge in [-0.2, -0.15) is 0 Å². The van der Waals surface area contributed by atoms with E-state index in [9.17, 15) is 5.11 Å². The SMILES string of the molecule is CCC[CH2][Sn](/[CH]=C(\CCO)c1ccccc1)([CH2]CCC)[CH2]CCC. The van der Waals surface area contributed by atoms with E-state index in [1.54, 1.807) is 0 Å². The van der Waals surface area contributed by atoms with E-state index >= 15 is 0 Å². The third kappa shape index (κ3) is 7.73. The standard InChI is InChI=1S/C10H11O.3C4H9.Sn/c1-9(7-8-11)10-5-3-2-4-6-10;3*1-3-4-2;/h1-6,11H,7-8H2;3*1,3-4H2,2H3;. The Kier molecular flexibility index (Phi) is 11.8. The van der Waals surface area contributed by atoms with Crippen molar-refractivity contribution >= 4 is 24.0 Å². The second-order valence-corrected chi connectivity index (χ2v) is 20.1. The third-order valence-corrected chi connectivity index (χ3v) is 19.4. The molecule has 0 saturated carbocycles. The maximum absolute atomic E-state index is 9.61. The van der Waals surface area contributed by atoms with E-state index in [1.165, 1.54) is 63.0 Å². The fourth-order valence-electron chi connectivity index (χ4n) is 3.62. The summed E-state index contributed by atoms with van der Waals surface area (Å²) in [5, 5.41) is 9.61. The van der Waals surface area contributed by atoms with Crippen LogP contribution < -0.4 is 0 Å². The molecule has 1 N–H and O–H groups in total. The van der Waals surface area contributed by atoms with Crippen molar-refractivity contribution in [2.24, 2.45) is 0 Å². The summed E-state index contributed by atoms with van der Waals surface area (Å²) in [6, 6.07) is 10.8. The number of aliphatic hydroxyl groups excluding tert-OH is 1. The molecule has 2 heteroatoms. The predicted molar refractivity (Wildman–Crippen MR) is 111 cm³/mol. The maximum atomic E-state index is 9.61. The van der Waals surface area contributed by atoms with Crippen molar-refractivity contribution < 1.29 is 5.11 Å². The average Bonchev–Trinajstić information content (AvgIpc) is 2.63. The van der Waals surface area contributed by atoms with Crippen LogP contribution in [0.4, 0.5) is 0 Å². The van der Waals surface area contributed by atoms with Crippen LogP contribution in [0.1, 0.15) is 71.3 Å². The molecule has 1 aromatic rings. The number of hydrogen-bond donors (Lipinski definition) is 1. The van der Waals surface area contributed by atoms with Gasteiger partial charge >= 0.3 is 155 Å². The molecule has 0 atom stereocenters. The first-order valence-electron chi connectivity index (χ1n) is 10.1. The zero-order valence-corrected chi connectivity index (χ0v) is 19.0. The molecule has 0 aliphatic heterocycles. The van der Waals surface area contributed by atoms with Crippen LogP contribution in [-0.2, 0) is 0 Å². The van der Waals surface area contributed by atoms with E-state index in [-0.39, 0.29) is 6.61 Å². The molecule has 1 rings (SSSR count). The molecule has 0 bridgehead atoms. The van der Waals surface area contributed by atoms with Gasteiger partial charge in [-0.15, -0.1) is 0 Å². The Morgan fingerprint density at radius 2 is 1.38 bits per heavy atom. The van der Waals surface area contributed by atoms with Gasteiger partial charge in [0.25, 0.3) is 0 Å². The van der Waals surface area contributed by atoms with Gasteiger partial charge in [0.2, 0.25) is 0 Å². The van der Waals surface area contributed by atoms with Crippen LogP contribution in [0.15, 0.2) is 34.4 Å². The number of unbranched alkanes of at least 4 members (excludes halogenated alkanes) is 3. The molecule has 24 heavy (non-hydrogen) atoms. The Hall–Kier alpha value is -0.281. The molecule has 136 valence electrons. The Morgan fingerprint density at radius 3 is 1.79 bits per heavy atom. The number of benzene rings is 1. The molecule has 0 unspecified atom stereocenters. The van der Waals surface area contributed by atoms with Crippen LogP contribution in [0.3, 0.4) is 0 Å². The predicted octanol–water partition coefficient (Wildman–Crippen LogP) is 6.84. The van der Waals surface area contributed by atoms with Gasteiger partial charge in [0.1, 0.15) is 0 Å². The summed E-state index contributed by atoms with van der Waals surface area (Å²) < 4.78 is 7.24. The van der Waals surface area contributed by atoms with Gasteiger partial charge in [-0.3, -0.25) is 0 Å². The molecule has 0 heterocycles. The van der Waals surface area contributed by atoms with Crippen LogP contribution >= 0.6 is 0 Å². The second kappa shape index (κ2) is 13.0. The van der Waals surface area contributed by atoms with Crippen LogP contribution in [0.25, 0.3) is 5.57 Å². The van der Waals surface area contributed by atoms with Crippen molar-refractivity contribution in [2.45, 2.75) is 79.0 Å². The molecule has 0 radical (unpaired) electrons. The minimum absolute atomic E-state index is 0.262. The summed E-state index contributed by atoms with van der Waals surface area (Å²) in [4.78, 5) is 0. The molecule has 0 aliphatic rings. The fourth-order valence-corrected chi connectivity index (χ4v) is 19.1. The number of rotatable bonds is 13. The van der Waals surface area contributed by atoms with Crippen LogP contribution in [-0.4, -0.2) is 30.1 Å². The van der Waals surface area contributed by atoms with Crippen molar-refractivity contribution in [3.8, 4) is 0 Å². The zero-order chi connectivity index (χ0) is 17.7. The van der Waals surface area contributed by atoms with Crippen molar-refractivity contribution in [2.75, 3.05) is 6.61 Å². The first kappa shape index (κ1) is 21.8. The zero-order valence-electron chi connectivity index (χ0n) is 16.2. The van der Waals surface area contributed by atoms with Gasteiger partial charge in [0.05, 0.1) is 0 Å². The molecule has 0 aliphatic carbocycles. The minimum atomic E-state index is -2.30. The Bertz CT molecular complexity index is 431. The average molecular weight is 437 g/mol. The molecule has 0 spiro atoms. The van der Waals surface area contributed by atoms with Crippen molar-refractivity contribution in [1.82, 2.24) is 0 Å². The molecule has 0 saturated heterocycles. The summed E-state index contributed by atoms with van der Waals surface area (Å²) in [5.41, 5.74) is 2.76. The third-order valence-electron chi connectivity index (χ3n) is 5.09. The van der Waals surface area contributed by atoms with Gasteiger partial charge in [-0.1, -0.05) is 0 Å². The van der Waals surface area contributed by atoms with E-state index in [1.807, 2.05) is 0 Å². The monoisotopic (exact) mass is 438 g/mol. The van der Waals surface area contributed by atoms with Crippen LogP contribution in [0.5, 0.6) is 0 Å². The Labute approximate surface area is 154 Å². The van der Waals surface area contributed by atoms with Gasteiger partial charge in [-0.25, -0.2) is 0 Å². The van der Waals surface area contributed by atoms with Gasteiger partial charge in [0.15, 0.2) is 0 Å². The number of hydrogen-bond acceptors (Lipinski definition) is 1. The molecular weight excluding hydrogens is 399 g/mol. The van der Waals surface area contributed by atoms with E-state index in [2.05, 4.69) is 55.2 Å². The summed E-state index contributed by atoms with van der Waals surface area (Å²) in [6.07, 6.45) is 8.92. The topological polar surface area (TPSA) is 20.2 Å². The second-order valence-electron chi connectivity index (χ2n) is 7.18. The summed E-state index contributed by atoms with van der Waals surface area (Å²) in [6.45, 7) is 7.24. The Balaban J connectivity index is 3.18. The molecular formula is C22H38OSn. The van der Waals surface area contributed by atoms with Crippen molar-refractivity contribution in [3.05, 3.63) is 40.0 Å². The quantitative estimate of drug-likeness (QED) is 0.335. The summed E-state index contributed by atoms with van der Waals surface area (Å²) in [7, 11) is 0. The first-order valence-corrected chi connectivity index (χ1v) is 17.8. The van der Waals surface area contributed by atoms with E-state index in [0.717, 1.165) is 6.42 Å². The summed E-state index contributed by atoms with van der Waals surface area (Å²) in [5.74, 6) is 0. The van der Waals surface area contributed by atoms with E-state index < -0.39 is 18.4 Å². The van der Waals surface area contributed by atoms with Gasteiger partial charge in [0, 0.05) is 0 Å². The van der Waals surface area contributed by atoms with Gasteiger partial charge < -0.3 is 0 Å². The van der Waals surface area contributed by atoms with E-state index in [0.29, 0.717) is 0 Å².